The number of rotatable bonds is 7. The number of aromatic nitrogens is 5. The summed E-state index contributed by atoms with van der Waals surface area (Å²) in [6.07, 6.45) is 0.871. The number of carbonyl (C=O) groups excluding carboxylic acids is 1. The zero-order valence-corrected chi connectivity index (χ0v) is 26.6. The molecular weight excluding hydrogens is 611 g/mol. The summed E-state index contributed by atoms with van der Waals surface area (Å²) in [7, 11) is -0.408. The van der Waals surface area contributed by atoms with Gasteiger partial charge in [-0.05, 0) is 56.4 Å². The third-order valence-electron chi connectivity index (χ3n) is 8.60. The van der Waals surface area contributed by atoms with Gasteiger partial charge < -0.3 is 10.2 Å². The van der Waals surface area contributed by atoms with Crippen LogP contribution in [-0.4, -0.2) is 58.0 Å². The molecule has 1 saturated carbocycles. The summed E-state index contributed by atoms with van der Waals surface area (Å²) in [4.78, 5) is 37.5. The molecule has 1 aliphatic heterocycles. The molecule has 1 amide bonds. The summed E-state index contributed by atoms with van der Waals surface area (Å²) in [6, 6.07) is 6.25. The Balaban J connectivity index is 1.33. The lowest BCUT2D eigenvalue weighted by molar-refractivity contribution is 0.0977. The van der Waals surface area contributed by atoms with Crippen LogP contribution in [0.25, 0.3) is 10.9 Å². The zero-order chi connectivity index (χ0) is 31.8. The van der Waals surface area contributed by atoms with Crippen LogP contribution in [-0.2, 0) is 24.1 Å². The van der Waals surface area contributed by atoms with Crippen molar-refractivity contribution < 1.29 is 17.6 Å². The number of sulfonamides is 1. The fourth-order valence-corrected chi connectivity index (χ4v) is 6.90. The van der Waals surface area contributed by atoms with Gasteiger partial charge in [0.25, 0.3) is 11.5 Å². The van der Waals surface area contributed by atoms with Gasteiger partial charge in [0.05, 0.1) is 34.6 Å². The van der Waals surface area contributed by atoms with E-state index in [-0.39, 0.29) is 45.7 Å². The molecule has 0 spiro atoms. The molecule has 2 N–H and O–H groups in total. The van der Waals surface area contributed by atoms with E-state index in [1.807, 2.05) is 24.6 Å². The monoisotopic (exact) mass is 642 g/mol. The quantitative estimate of drug-likeness (QED) is 0.291. The largest absolute Gasteiger partial charge is 0.377 e. The van der Waals surface area contributed by atoms with E-state index in [0.717, 1.165) is 11.8 Å². The van der Waals surface area contributed by atoms with Crippen LogP contribution in [0.4, 0.5) is 16.0 Å². The van der Waals surface area contributed by atoms with E-state index < -0.39 is 22.0 Å². The van der Waals surface area contributed by atoms with Crippen LogP contribution in [0.2, 0.25) is 5.15 Å². The highest BCUT2D eigenvalue weighted by molar-refractivity contribution is 7.89. The van der Waals surface area contributed by atoms with Gasteiger partial charge in [-0.3, -0.25) is 18.8 Å². The molecule has 6 rings (SSSR count). The molecule has 44 heavy (non-hydrogen) atoms. The predicted octanol–water partition coefficient (Wildman–Crippen LogP) is 3.18. The summed E-state index contributed by atoms with van der Waals surface area (Å²) in [5.41, 5.74) is 2.94. The topological polar surface area (TPSA) is 144 Å². The van der Waals surface area contributed by atoms with Crippen molar-refractivity contribution in [2.24, 2.45) is 25.9 Å². The standard InChI is InChI=1S/C29H32ClFN8O4S/c1-13-9-16(14(2)32-20-7-8-21(30)33-25(20)27(40)36-44(6,42)43)24-17(10-13)28(41)37(4)29(34-24)39-11-18-19(12-39)22(18)26-23(31)15(3)38(5)35-26/h7-10,14,18-19,22,32H,11-12H2,1-6H3,(H,36,40)/t14-,18-,19+,22?/m1/s1. The number of halogens is 2. The Hall–Kier alpha value is -4.04. The zero-order valence-electron chi connectivity index (χ0n) is 25.0. The molecule has 15 heteroatoms. The fraction of sp³-hybridized carbons (Fsp3) is 0.414. The molecule has 3 aromatic heterocycles. The van der Waals surface area contributed by atoms with E-state index in [1.54, 1.807) is 36.3 Å². The number of pyridine rings is 1. The van der Waals surface area contributed by atoms with Crippen molar-refractivity contribution in [2.75, 3.05) is 29.6 Å². The predicted molar refractivity (Wildman–Crippen MR) is 165 cm³/mol. The lowest BCUT2D eigenvalue weighted by Crippen LogP contribution is -2.32. The number of hydrogen-bond donors (Lipinski definition) is 2. The number of aryl methyl sites for hydroxylation is 2. The lowest BCUT2D eigenvalue weighted by Gasteiger charge is -2.25. The highest BCUT2D eigenvalue weighted by Crippen LogP contribution is 2.58. The van der Waals surface area contributed by atoms with Crippen LogP contribution in [0.1, 0.15) is 51.9 Å². The van der Waals surface area contributed by atoms with E-state index in [9.17, 15) is 22.4 Å². The van der Waals surface area contributed by atoms with Crippen molar-refractivity contribution in [1.29, 1.82) is 0 Å². The van der Waals surface area contributed by atoms with Gasteiger partial charge in [0.1, 0.15) is 10.8 Å². The molecule has 2 aliphatic rings. The highest BCUT2D eigenvalue weighted by Gasteiger charge is 2.59. The van der Waals surface area contributed by atoms with E-state index >= 15 is 0 Å². The van der Waals surface area contributed by atoms with Gasteiger partial charge in [-0.2, -0.15) is 5.10 Å². The number of nitrogens with one attached hydrogen (secondary N) is 2. The summed E-state index contributed by atoms with van der Waals surface area (Å²) < 4.78 is 43.2. The van der Waals surface area contributed by atoms with Gasteiger partial charge in [0.2, 0.25) is 16.0 Å². The average molecular weight is 643 g/mol. The first-order valence-corrected chi connectivity index (χ1v) is 16.3. The van der Waals surface area contributed by atoms with E-state index in [1.165, 1.54) is 12.1 Å². The Morgan fingerprint density at radius 1 is 1.14 bits per heavy atom. The number of amides is 1. The van der Waals surface area contributed by atoms with Gasteiger partial charge in [-0.25, -0.2) is 27.5 Å². The molecule has 4 heterocycles. The average Bonchev–Trinajstić information content (AvgIpc) is 3.30. The maximum atomic E-state index is 14.8. The second kappa shape index (κ2) is 10.5. The number of hydrogen-bond acceptors (Lipinski definition) is 9. The van der Waals surface area contributed by atoms with Gasteiger partial charge in [0, 0.05) is 38.7 Å². The third kappa shape index (κ3) is 5.19. The van der Waals surface area contributed by atoms with Crippen molar-refractivity contribution >= 4 is 50.1 Å². The van der Waals surface area contributed by atoms with Crippen LogP contribution in [0, 0.1) is 31.5 Å². The molecule has 1 aliphatic carbocycles. The third-order valence-corrected chi connectivity index (χ3v) is 9.37. The lowest BCUT2D eigenvalue weighted by atomic mass is 10.0. The first-order valence-electron chi connectivity index (χ1n) is 14.0. The van der Waals surface area contributed by atoms with E-state index in [0.29, 0.717) is 46.9 Å². The molecular formula is C29H32ClFN8O4S. The number of benzene rings is 1. The molecule has 12 nitrogen and oxygen atoms in total. The summed E-state index contributed by atoms with van der Waals surface area (Å²) in [5.74, 6) is -0.168. The summed E-state index contributed by atoms with van der Waals surface area (Å²) in [5, 5.41) is 8.11. The van der Waals surface area contributed by atoms with Crippen molar-refractivity contribution in [1.82, 2.24) is 29.0 Å². The van der Waals surface area contributed by atoms with Crippen molar-refractivity contribution in [3.05, 3.63) is 73.8 Å². The number of piperidine rings is 1. The van der Waals surface area contributed by atoms with Crippen molar-refractivity contribution in [3.8, 4) is 0 Å². The van der Waals surface area contributed by atoms with Crippen LogP contribution < -0.4 is 20.5 Å². The number of fused-ring (bicyclic) bond motifs is 2. The van der Waals surface area contributed by atoms with Crippen LogP contribution >= 0.6 is 11.6 Å². The molecule has 232 valence electrons. The molecule has 1 saturated heterocycles. The van der Waals surface area contributed by atoms with Crippen LogP contribution in [0.5, 0.6) is 0 Å². The van der Waals surface area contributed by atoms with Crippen LogP contribution in [0.15, 0.2) is 29.1 Å². The number of nitrogens with zero attached hydrogens (tertiary/aromatic N) is 6. The minimum absolute atomic E-state index is 0.0180. The first-order chi connectivity index (χ1) is 20.6. The molecule has 2 fully saturated rings. The minimum atomic E-state index is -3.85. The van der Waals surface area contributed by atoms with Gasteiger partial charge in [0.15, 0.2) is 11.5 Å². The van der Waals surface area contributed by atoms with E-state index in [2.05, 4.69) is 20.3 Å². The maximum absolute atomic E-state index is 14.8. The Morgan fingerprint density at radius 3 is 2.43 bits per heavy atom. The van der Waals surface area contributed by atoms with Gasteiger partial charge in [-0.15, -0.1) is 0 Å². The Kier molecular flexibility index (Phi) is 7.19. The Labute approximate surface area is 258 Å². The fourth-order valence-electron chi connectivity index (χ4n) is 6.32. The summed E-state index contributed by atoms with van der Waals surface area (Å²) in [6.45, 7) is 6.69. The molecule has 1 aromatic carbocycles. The van der Waals surface area contributed by atoms with Crippen molar-refractivity contribution in [2.45, 2.75) is 32.7 Å². The molecule has 0 radical (unpaired) electrons. The minimum Gasteiger partial charge on any atom is -0.377 e. The molecule has 1 unspecified atom stereocenters. The smallest absolute Gasteiger partial charge is 0.285 e. The summed E-state index contributed by atoms with van der Waals surface area (Å²) >= 11 is 6.03. The van der Waals surface area contributed by atoms with Crippen molar-refractivity contribution in [3.63, 3.8) is 0 Å². The highest BCUT2D eigenvalue weighted by atomic mass is 35.5. The molecule has 4 atom stereocenters. The molecule has 0 bridgehead atoms. The second-order valence-corrected chi connectivity index (χ2v) is 13.9. The second-order valence-electron chi connectivity index (χ2n) is 11.8. The first kappa shape index (κ1) is 30.0. The Morgan fingerprint density at radius 2 is 1.82 bits per heavy atom. The van der Waals surface area contributed by atoms with E-state index in [4.69, 9.17) is 16.6 Å². The molecule has 4 aromatic rings. The Bertz CT molecular complexity index is 2020. The SMILES string of the molecule is Cc1cc([C@@H](C)Nc2ccc(Cl)nc2C(=O)NS(C)(=O)=O)c2nc(N3C[C@@H]4C(c5nn(C)c(C)c5F)[C@@H]4C3)n(C)c(=O)c2c1. The van der Waals surface area contributed by atoms with Gasteiger partial charge in [-0.1, -0.05) is 17.7 Å². The number of carbonyl (C=O) groups is 1. The number of anilines is 2. The van der Waals surface area contributed by atoms with Gasteiger partial charge >= 0.3 is 0 Å². The normalized spacial score (nSPS) is 20.1. The maximum Gasteiger partial charge on any atom is 0.285 e. The van der Waals surface area contributed by atoms with Crippen LogP contribution in [0.3, 0.4) is 0 Å².